The van der Waals surface area contributed by atoms with Gasteiger partial charge in [-0.2, -0.15) is 0 Å². The molecule has 30 heavy (non-hydrogen) atoms. The molecule has 0 radical (unpaired) electrons. The Morgan fingerprint density at radius 1 is 1.03 bits per heavy atom. The summed E-state index contributed by atoms with van der Waals surface area (Å²) in [5, 5.41) is 2.64. The van der Waals surface area contributed by atoms with Crippen molar-refractivity contribution in [2.45, 2.75) is 37.8 Å². The van der Waals surface area contributed by atoms with Gasteiger partial charge in [0, 0.05) is 16.2 Å². The Morgan fingerprint density at radius 2 is 1.67 bits per heavy atom. The van der Waals surface area contributed by atoms with Gasteiger partial charge in [0.2, 0.25) is 10.0 Å². The van der Waals surface area contributed by atoms with Crippen molar-refractivity contribution < 1.29 is 27.5 Å². The van der Waals surface area contributed by atoms with E-state index in [9.17, 15) is 18.0 Å². The van der Waals surface area contributed by atoms with E-state index in [1.165, 1.54) is 26.2 Å². The number of methoxy groups -OCH3 is 1. The lowest BCUT2D eigenvalue weighted by atomic mass is 10.2. The van der Waals surface area contributed by atoms with Crippen molar-refractivity contribution >= 4 is 43.5 Å². The molecular formula is C20H23BrN2O6S. The van der Waals surface area contributed by atoms with Crippen LogP contribution in [0.5, 0.6) is 5.75 Å². The molecule has 162 valence electrons. The molecule has 1 atom stereocenters. The highest BCUT2D eigenvalue weighted by Crippen LogP contribution is 2.25. The third kappa shape index (κ3) is 6.28. The van der Waals surface area contributed by atoms with E-state index in [4.69, 9.17) is 9.47 Å². The third-order valence-electron chi connectivity index (χ3n) is 3.84. The summed E-state index contributed by atoms with van der Waals surface area (Å²) in [6, 6.07) is 10.4. The molecule has 1 unspecified atom stereocenters. The number of anilines is 1. The van der Waals surface area contributed by atoms with Crippen LogP contribution in [0.25, 0.3) is 0 Å². The number of hydrogen-bond donors (Lipinski definition) is 2. The lowest BCUT2D eigenvalue weighted by Gasteiger charge is -2.16. The van der Waals surface area contributed by atoms with Gasteiger partial charge in [0.1, 0.15) is 10.6 Å². The summed E-state index contributed by atoms with van der Waals surface area (Å²) in [7, 11) is -2.58. The Hall–Kier alpha value is -2.43. The summed E-state index contributed by atoms with van der Waals surface area (Å²) in [5.41, 5.74) is 0.520. The molecule has 10 heteroatoms. The molecule has 2 aromatic carbocycles. The minimum atomic E-state index is -3.91. The lowest BCUT2D eigenvalue weighted by molar-refractivity contribution is -0.123. The van der Waals surface area contributed by atoms with Gasteiger partial charge in [-0.05, 0) is 63.2 Å². The summed E-state index contributed by atoms with van der Waals surface area (Å²) in [5.74, 6) is -1.27. The van der Waals surface area contributed by atoms with E-state index < -0.39 is 28.0 Å². The minimum Gasteiger partial charge on any atom is -0.495 e. The van der Waals surface area contributed by atoms with Crippen molar-refractivity contribution in [1.29, 1.82) is 0 Å². The van der Waals surface area contributed by atoms with E-state index in [2.05, 4.69) is 26.0 Å². The van der Waals surface area contributed by atoms with Crippen LogP contribution in [0.1, 0.15) is 31.1 Å². The largest absolute Gasteiger partial charge is 0.495 e. The molecule has 0 fully saturated rings. The number of benzene rings is 2. The molecule has 0 aliphatic heterocycles. The number of amides is 1. The monoisotopic (exact) mass is 498 g/mol. The van der Waals surface area contributed by atoms with Gasteiger partial charge in [-0.1, -0.05) is 15.9 Å². The van der Waals surface area contributed by atoms with Gasteiger partial charge in [0.25, 0.3) is 5.91 Å². The predicted molar refractivity (Wildman–Crippen MR) is 116 cm³/mol. The number of ether oxygens (including phenoxy) is 2. The quantitative estimate of drug-likeness (QED) is 0.540. The van der Waals surface area contributed by atoms with Gasteiger partial charge in [-0.25, -0.2) is 17.9 Å². The Morgan fingerprint density at radius 3 is 2.23 bits per heavy atom. The number of rotatable bonds is 8. The first-order valence-electron chi connectivity index (χ1n) is 9.01. The number of halogens is 1. The van der Waals surface area contributed by atoms with E-state index >= 15 is 0 Å². The first-order chi connectivity index (χ1) is 14.0. The van der Waals surface area contributed by atoms with Gasteiger partial charge in [-0.3, -0.25) is 4.79 Å². The van der Waals surface area contributed by atoms with Crippen LogP contribution >= 0.6 is 15.9 Å². The molecule has 2 rings (SSSR count). The Bertz CT molecular complexity index is 1020. The number of nitrogens with one attached hydrogen (secondary N) is 2. The number of carbonyl (C=O) groups is 2. The van der Waals surface area contributed by atoms with Crippen LogP contribution in [-0.2, 0) is 19.6 Å². The zero-order chi connectivity index (χ0) is 22.5. The van der Waals surface area contributed by atoms with Crippen LogP contribution in [-0.4, -0.2) is 39.5 Å². The molecule has 0 saturated carbocycles. The van der Waals surface area contributed by atoms with E-state index in [1.807, 2.05) is 0 Å². The summed E-state index contributed by atoms with van der Waals surface area (Å²) in [4.78, 5) is 24.6. The number of hydrogen-bond acceptors (Lipinski definition) is 6. The fourth-order valence-corrected chi connectivity index (χ4v) is 4.16. The van der Waals surface area contributed by atoms with Crippen molar-refractivity contribution in [2.24, 2.45) is 0 Å². The Kier molecular flexibility index (Phi) is 7.99. The standard InChI is InChI=1S/C20H23BrN2O6S/c1-12(2)23-30(26,27)18-11-14(5-10-17(18)28-4)20(25)29-13(3)19(24)22-16-8-6-15(21)7-9-16/h5-13,23H,1-4H3,(H,22,24). The molecule has 1 amide bonds. The summed E-state index contributed by atoms with van der Waals surface area (Å²) in [6.45, 7) is 4.77. The van der Waals surface area contributed by atoms with Gasteiger partial charge in [-0.15, -0.1) is 0 Å². The molecule has 0 aromatic heterocycles. The highest BCUT2D eigenvalue weighted by Gasteiger charge is 2.24. The molecule has 8 nitrogen and oxygen atoms in total. The lowest BCUT2D eigenvalue weighted by Crippen LogP contribution is -2.31. The van der Waals surface area contributed by atoms with Crippen LogP contribution in [0.15, 0.2) is 51.8 Å². The van der Waals surface area contributed by atoms with Crippen LogP contribution in [0.4, 0.5) is 5.69 Å². The van der Waals surface area contributed by atoms with Crippen LogP contribution < -0.4 is 14.8 Å². The van der Waals surface area contributed by atoms with E-state index in [-0.39, 0.29) is 22.3 Å². The van der Waals surface area contributed by atoms with Crippen LogP contribution in [0.2, 0.25) is 0 Å². The average Bonchev–Trinajstić information content (AvgIpc) is 2.68. The Labute approximate surface area is 184 Å². The zero-order valence-corrected chi connectivity index (χ0v) is 19.3. The fourth-order valence-electron chi connectivity index (χ4n) is 2.45. The molecule has 0 spiro atoms. The fraction of sp³-hybridized carbons (Fsp3) is 0.300. The summed E-state index contributed by atoms with van der Waals surface area (Å²) in [6.07, 6.45) is -1.10. The first-order valence-corrected chi connectivity index (χ1v) is 11.3. The maximum atomic E-state index is 12.5. The van der Waals surface area contributed by atoms with E-state index in [1.54, 1.807) is 38.1 Å². The maximum absolute atomic E-state index is 12.5. The summed E-state index contributed by atoms with van der Waals surface area (Å²) < 4.78 is 38.7. The molecular weight excluding hydrogens is 476 g/mol. The average molecular weight is 499 g/mol. The second-order valence-electron chi connectivity index (χ2n) is 6.69. The van der Waals surface area contributed by atoms with Crippen LogP contribution in [0, 0.1) is 0 Å². The second kappa shape index (κ2) is 10.1. The highest BCUT2D eigenvalue weighted by molar-refractivity contribution is 9.10. The van der Waals surface area contributed by atoms with Gasteiger partial charge in [0.15, 0.2) is 6.10 Å². The molecule has 0 bridgehead atoms. The first kappa shape index (κ1) is 23.8. The van der Waals surface area contributed by atoms with Crippen molar-refractivity contribution in [2.75, 3.05) is 12.4 Å². The molecule has 0 heterocycles. The van der Waals surface area contributed by atoms with Crippen LogP contribution in [0.3, 0.4) is 0 Å². The summed E-state index contributed by atoms with van der Waals surface area (Å²) >= 11 is 3.30. The van der Waals surface area contributed by atoms with Gasteiger partial charge < -0.3 is 14.8 Å². The van der Waals surface area contributed by atoms with Crippen molar-refractivity contribution in [1.82, 2.24) is 4.72 Å². The van der Waals surface area contributed by atoms with Crippen molar-refractivity contribution in [3.8, 4) is 5.75 Å². The minimum absolute atomic E-state index is 0.0248. The molecule has 0 aliphatic rings. The SMILES string of the molecule is COc1ccc(C(=O)OC(C)C(=O)Nc2ccc(Br)cc2)cc1S(=O)(=O)NC(C)C. The highest BCUT2D eigenvalue weighted by atomic mass is 79.9. The number of carbonyl (C=O) groups excluding carboxylic acids is 2. The van der Waals surface area contributed by atoms with Gasteiger partial charge in [0.05, 0.1) is 12.7 Å². The van der Waals surface area contributed by atoms with E-state index in [0.717, 1.165) is 10.5 Å². The topological polar surface area (TPSA) is 111 Å². The predicted octanol–water partition coefficient (Wildman–Crippen LogP) is 3.33. The van der Waals surface area contributed by atoms with Crippen molar-refractivity contribution in [3.63, 3.8) is 0 Å². The molecule has 2 aromatic rings. The molecule has 0 aliphatic carbocycles. The smallest absolute Gasteiger partial charge is 0.338 e. The number of sulfonamides is 1. The zero-order valence-electron chi connectivity index (χ0n) is 16.9. The third-order valence-corrected chi connectivity index (χ3v) is 6.05. The van der Waals surface area contributed by atoms with Crippen molar-refractivity contribution in [3.05, 3.63) is 52.5 Å². The van der Waals surface area contributed by atoms with E-state index in [0.29, 0.717) is 5.69 Å². The molecule has 2 N–H and O–H groups in total. The second-order valence-corrected chi connectivity index (χ2v) is 9.28. The van der Waals surface area contributed by atoms with Gasteiger partial charge >= 0.3 is 5.97 Å². The number of esters is 1. The Balaban J connectivity index is 2.17. The molecule has 0 saturated heterocycles. The normalized spacial score (nSPS) is 12.3. The maximum Gasteiger partial charge on any atom is 0.338 e.